The van der Waals surface area contributed by atoms with Crippen molar-refractivity contribution in [1.82, 2.24) is 5.32 Å². The van der Waals surface area contributed by atoms with Gasteiger partial charge in [-0.25, -0.2) is 0 Å². The van der Waals surface area contributed by atoms with Gasteiger partial charge in [-0.1, -0.05) is 0 Å². The summed E-state index contributed by atoms with van der Waals surface area (Å²) in [5.41, 5.74) is 0.417. The molecule has 9 heteroatoms. The number of rotatable bonds is 6. The monoisotopic (exact) mass is 369 g/mol. The molecule has 2 rings (SSSR count). The number of aliphatic hydroxyl groups is 3. The number of hydrogen-bond donors (Lipinski definition) is 4. The molecule has 1 heterocycles. The molecule has 1 aromatic carbocycles. The fraction of sp³-hybridized carbons (Fsp3) is 0.529. The van der Waals surface area contributed by atoms with E-state index >= 15 is 0 Å². The largest absolute Gasteiger partial charge is 0.493 e. The maximum atomic E-state index is 11.5. The lowest BCUT2D eigenvalue weighted by Gasteiger charge is -2.42. The van der Waals surface area contributed by atoms with E-state index in [9.17, 15) is 24.9 Å². The number of aliphatic hydroxyl groups excluding tert-OH is 3. The molecule has 0 saturated carbocycles. The highest BCUT2D eigenvalue weighted by molar-refractivity contribution is 5.94. The maximum absolute atomic E-state index is 11.5. The number of Topliss-reactive ketones (excluding diaryl/α,β-unsaturated/α-hetero) is 1. The van der Waals surface area contributed by atoms with Crippen LogP contribution in [0.15, 0.2) is 18.2 Å². The molecule has 0 spiro atoms. The first-order chi connectivity index (χ1) is 12.3. The van der Waals surface area contributed by atoms with Gasteiger partial charge in [-0.2, -0.15) is 0 Å². The molecule has 26 heavy (non-hydrogen) atoms. The predicted octanol–water partition coefficient (Wildman–Crippen LogP) is -0.780. The number of amides is 1. The zero-order valence-electron chi connectivity index (χ0n) is 14.7. The van der Waals surface area contributed by atoms with E-state index < -0.39 is 43.2 Å². The zero-order valence-corrected chi connectivity index (χ0v) is 14.7. The van der Waals surface area contributed by atoms with Gasteiger partial charge in [0, 0.05) is 12.5 Å². The van der Waals surface area contributed by atoms with Crippen LogP contribution >= 0.6 is 0 Å². The summed E-state index contributed by atoms with van der Waals surface area (Å²) in [7, 11) is 1.40. The average Bonchev–Trinajstić information content (AvgIpc) is 2.60. The van der Waals surface area contributed by atoms with Crippen LogP contribution in [0.25, 0.3) is 0 Å². The van der Waals surface area contributed by atoms with E-state index in [1.165, 1.54) is 39.2 Å². The van der Waals surface area contributed by atoms with Gasteiger partial charge in [-0.15, -0.1) is 0 Å². The number of nitrogens with one attached hydrogen (secondary N) is 1. The highest BCUT2D eigenvalue weighted by atomic mass is 16.7. The molecule has 0 aromatic heterocycles. The second kappa shape index (κ2) is 8.45. The van der Waals surface area contributed by atoms with Gasteiger partial charge in [0.2, 0.25) is 12.2 Å². The number of carbonyl (C=O) groups excluding carboxylic acids is 2. The van der Waals surface area contributed by atoms with E-state index in [1.54, 1.807) is 0 Å². The second-order valence-electron chi connectivity index (χ2n) is 5.97. The minimum absolute atomic E-state index is 0.154. The number of hydrogen-bond acceptors (Lipinski definition) is 8. The summed E-state index contributed by atoms with van der Waals surface area (Å²) in [4.78, 5) is 22.9. The molecule has 5 atom stereocenters. The van der Waals surface area contributed by atoms with E-state index in [2.05, 4.69) is 5.32 Å². The Bertz CT molecular complexity index is 664. The predicted molar refractivity (Wildman–Crippen MR) is 89.0 cm³/mol. The Morgan fingerprint density at radius 2 is 1.88 bits per heavy atom. The van der Waals surface area contributed by atoms with E-state index in [0.717, 1.165) is 0 Å². The van der Waals surface area contributed by atoms with Crippen molar-refractivity contribution in [3.63, 3.8) is 0 Å². The SMILES string of the molecule is COc1cc(C(C)=O)ccc1OC1OC(CO)C(O)C(O)C1NC(C)=O. The van der Waals surface area contributed by atoms with Crippen molar-refractivity contribution in [2.75, 3.05) is 13.7 Å². The average molecular weight is 369 g/mol. The molecule has 1 aliphatic heterocycles. The Balaban J connectivity index is 2.31. The number of ether oxygens (including phenoxy) is 3. The van der Waals surface area contributed by atoms with Crippen molar-refractivity contribution in [3.8, 4) is 11.5 Å². The fourth-order valence-electron chi connectivity index (χ4n) is 2.68. The van der Waals surface area contributed by atoms with Gasteiger partial charge in [-0.05, 0) is 25.1 Å². The lowest BCUT2D eigenvalue weighted by atomic mass is 9.97. The molecule has 1 saturated heterocycles. The Kier molecular flexibility index (Phi) is 6.54. The molecule has 0 aliphatic carbocycles. The minimum atomic E-state index is -1.42. The standard InChI is InChI=1S/C17H23NO8/c1-8(20)10-4-5-11(12(6-10)24-3)25-17-14(18-9(2)21)16(23)15(22)13(7-19)26-17/h4-6,13-17,19,22-23H,7H2,1-3H3,(H,18,21). The van der Waals surface area contributed by atoms with Gasteiger partial charge in [0.05, 0.1) is 13.7 Å². The summed E-state index contributed by atoms with van der Waals surface area (Å²) in [6, 6.07) is 3.44. The van der Waals surface area contributed by atoms with Crippen LogP contribution in [0.3, 0.4) is 0 Å². The summed E-state index contributed by atoms with van der Waals surface area (Å²) in [6.45, 7) is 2.11. The van der Waals surface area contributed by atoms with Gasteiger partial charge >= 0.3 is 0 Å². The molecule has 1 aliphatic rings. The quantitative estimate of drug-likeness (QED) is 0.480. The third kappa shape index (κ3) is 4.31. The van der Waals surface area contributed by atoms with Crippen LogP contribution in [0.4, 0.5) is 0 Å². The Morgan fingerprint density at radius 1 is 1.19 bits per heavy atom. The normalized spacial score (nSPS) is 28.3. The summed E-state index contributed by atoms with van der Waals surface area (Å²) in [5, 5.41) is 32.1. The molecule has 1 amide bonds. The van der Waals surface area contributed by atoms with Crippen molar-refractivity contribution < 1.29 is 39.1 Å². The smallest absolute Gasteiger partial charge is 0.223 e. The van der Waals surface area contributed by atoms with Gasteiger partial charge in [0.1, 0.15) is 24.4 Å². The minimum Gasteiger partial charge on any atom is -0.493 e. The molecule has 0 radical (unpaired) electrons. The Morgan fingerprint density at radius 3 is 2.42 bits per heavy atom. The van der Waals surface area contributed by atoms with Gasteiger partial charge in [0.15, 0.2) is 17.3 Å². The van der Waals surface area contributed by atoms with Crippen LogP contribution in [0.2, 0.25) is 0 Å². The van der Waals surface area contributed by atoms with Crippen LogP contribution in [-0.2, 0) is 9.53 Å². The first-order valence-electron chi connectivity index (χ1n) is 8.03. The molecular weight excluding hydrogens is 346 g/mol. The van der Waals surface area contributed by atoms with Gasteiger partial charge in [-0.3, -0.25) is 9.59 Å². The van der Waals surface area contributed by atoms with Crippen molar-refractivity contribution in [2.45, 2.75) is 44.5 Å². The van der Waals surface area contributed by atoms with Crippen LogP contribution in [0, 0.1) is 0 Å². The number of carbonyl (C=O) groups is 2. The van der Waals surface area contributed by atoms with Gasteiger partial charge in [0.25, 0.3) is 0 Å². The summed E-state index contributed by atoms with van der Waals surface area (Å²) in [5.74, 6) is -0.152. The van der Waals surface area contributed by atoms with Crippen molar-refractivity contribution in [1.29, 1.82) is 0 Å². The van der Waals surface area contributed by atoms with Crippen LogP contribution in [0.1, 0.15) is 24.2 Å². The second-order valence-corrected chi connectivity index (χ2v) is 5.97. The third-order valence-electron chi connectivity index (χ3n) is 4.06. The van der Waals surface area contributed by atoms with Crippen LogP contribution in [0.5, 0.6) is 11.5 Å². The molecule has 1 aromatic rings. The Hall–Kier alpha value is -2.20. The summed E-state index contributed by atoms with van der Waals surface area (Å²) < 4.78 is 16.4. The number of benzene rings is 1. The van der Waals surface area contributed by atoms with Crippen molar-refractivity contribution in [3.05, 3.63) is 23.8 Å². The Labute approximate surface area is 150 Å². The highest BCUT2D eigenvalue weighted by Gasteiger charge is 2.46. The molecule has 144 valence electrons. The summed E-state index contributed by atoms with van der Waals surface area (Å²) >= 11 is 0. The highest BCUT2D eigenvalue weighted by Crippen LogP contribution is 2.32. The van der Waals surface area contributed by atoms with E-state index in [1.807, 2.05) is 0 Å². The van der Waals surface area contributed by atoms with E-state index in [4.69, 9.17) is 14.2 Å². The van der Waals surface area contributed by atoms with Crippen molar-refractivity contribution in [2.24, 2.45) is 0 Å². The van der Waals surface area contributed by atoms with Crippen LogP contribution < -0.4 is 14.8 Å². The maximum Gasteiger partial charge on any atom is 0.223 e. The number of ketones is 1. The number of methoxy groups -OCH3 is 1. The summed E-state index contributed by atoms with van der Waals surface area (Å²) in [6.07, 6.45) is -5.12. The lowest BCUT2D eigenvalue weighted by molar-refractivity contribution is -0.244. The fourth-order valence-corrected chi connectivity index (χ4v) is 2.68. The molecule has 5 unspecified atom stereocenters. The topological polar surface area (TPSA) is 135 Å². The van der Waals surface area contributed by atoms with E-state index in [0.29, 0.717) is 5.56 Å². The molecule has 4 N–H and O–H groups in total. The third-order valence-corrected chi connectivity index (χ3v) is 4.06. The molecule has 1 fully saturated rings. The van der Waals surface area contributed by atoms with E-state index in [-0.39, 0.29) is 17.3 Å². The molecule has 0 bridgehead atoms. The molecule has 9 nitrogen and oxygen atoms in total. The van der Waals surface area contributed by atoms with Crippen molar-refractivity contribution >= 4 is 11.7 Å². The van der Waals surface area contributed by atoms with Crippen LogP contribution in [-0.4, -0.2) is 71.4 Å². The first kappa shape index (κ1) is 20.1. The van der Waals surface area contributed by atoms with Gasteiger partial charge < -0.3 is 34.8 Å². The molecular formula is C17H23NO8. The zero-order chi connectivity index (χ0) is 19.4. The lowest BCUT2D eigenvalue weighted by Crippen LogP contribution is -2.65. The first-order valence-corrected chi connectivity index (χ1v) is 8.03.